The Morgan fingerprint density at radius 3 is 2.68 bits per heavy atom. The largest absolute Gasteiger partial charge is 0.497 e. The van der Waals surface area contributed by atoms with E-state index in [0.29, 0.717) is 41.1 Å². The van der Waals surface area contributed by atoms with Gasteiger partial charge in [0.1, 0.15) is 40.8 Å². The van der Waals surface area contributed by atoms with Crippen LogP contribution in [0.2, 0.25) is 0 Å². The zero-order valence-electron chi connectivity index (χ0n) is 28.8. The Hall–Kier alpha value is -5.14. The molecular formula is C36H44N6O8. The molecule has 4 heterocycles. The van der Waals surface area contributed by atoms with Crippen molar-refractivity contribution in [2.75, 3.05) is 13.7 Å². The molecule has 3 N–H and O–H groups in total. The smallest absolute Gasteiger partial charge is 0.408 e. The van der Waals surface area contributed by atoms with E-state index in [1.54, 1.807) is 69.2 Å². The summed E-state index contributed by atoms with van der Waals surface area (Å²) in [5.74, 6) is -0.973. The summed E-state index contributed by atoms with van der Waals surface area (Å²) in [5.41, 5.74) is -1.65. The van der Waals surface area contributed by atoms with Crippen molar-refractivity contribution in [3.63, 3.8) is 0 Å². The molecule has 1 saturated carbocycles. The normalized spacial score (nSPS) is 26.4. The first-order valence-corrected chi connectivity index (χ1v) is 17.0. The number of ether oxygens (including phenoxy) is 3. The highest BCUT2D eigenvalue weighted by Gasteiger charge is 2.61. The first-order chi connectivity index (χ1) is 23.9. The molecule has 5 atom stereocenters. The van der Waals surface area contributed by atoms with Gasteiger partial charge < -0.3 is 34.9 Å². The van der Waals surface area contributed by atoms with Gasteiger partial charge in [-0.1, -0.05) is 25.0 Å². The minimum absolute atomic E-state index is 0.0178. The number of alkyl carbamates (subject to hydrolysis) is 1. The number of aromatic nitrogens is 3. The molecule has 0 spiro atoms. The summed E-state index contributed by atoms with van der Waals surface area (Å²) in [5, 5.41) is 20.7. The summed E-state index contributed by atoms with van der Waals surface area (Å²) in [6.07, 6.45) is 9.52. The Morgan fingerprint density at radius 2 is 1.96 bits per heavy atom. The molecule has 3 amide bonds. The number of carbonyl (C=O) groups excluding carboxylic acids is 3. The van der Waals surface area contributed by atoms with E-state index in [2.05, 4.69) is 15.7 Å². The minimum atomic E-state index is -1.45. The number of nitrogens with zero attached hydrogens (tertiary/aromatic N) is 4. The van der Waals surface area contributed by atoms with E-state index in [0.717, 1.165) is 19.3 Å². The molecule has 2 aliphatic heterocycles. The number of methoxy groups -OCH3 is 1. The van der Waals surface area contributed by atoms with Gasteiger partial charge in [0.15, 0.2) is 5.82 Å². The van der Waals surface area contributed by atoms with Crippen LogP contribution in [0, 0.1) is 5.92 Å². The first-order valence-electron chi connectivity index (χ1n) is 17.0. The lowest BCUT2D eigenvalue weighted by Crippen LogP contribution is -2.56. The number of rotatable bonds is 6. The third-order valence-electron chi connectivity index (χ3n) is 9.31. The fourth-order valence-electron chi connectivity index (χ4n) is 6.69. The van der Waals surface area contributed by atoms with E-state index in [4.69, 9.17) is 19.2 Å². The molecule has 1 aromatic carbocycles. The number of benzene rings is 1. The summed E-state index contributed by atoms with van der Waals surface area (Å²) in [7, 11) is 1.57. The van der Waals surface area contributed by atoms with Gasteiger partial charge in [-0.3, -0.25) is 9.59 Å². The van der Waals surface area contributed by atoms with Crippen LogP contribution in [0.25, 0.3) is 16.7 Å². The van der Waals surface area contributed by atoms with E-state index in [1.165, 1.54) is 4.90 Å². The quantitative estimate of drug-likeness (QED) is 0.319. The predicted octanol–water partition coefficient (Wildman–Crippen LogP) is 4.15. The maximum absolute atomic E-state index is 14.4. The SMILES string of the molecule is COc1ccc2c(O[C@@H]3C[C@H]4C(=O)N[C@]5(C(=O)O)C[C@@H]5/C=C\CCCCC[C@H](NC(=O)OC(C)(C)C)C(=O)N4C3)cc(-n3cccn3)nc2c1. The number of carboxylic acid groups (broad SMARTS) is 1. The highest BCUT2D eigenvalue weighted by atomic mass is 16.6. The van der Waals surface area contributed by atoms with Crippen molar-refractivity contribution in [1.82, 2.24) is 30.3 Å². The summed E-state index contributed by atoms with van der Waals surface area (Å²) < 4.78 is 19.1. The number of pyridine rings is 1. The first kappa shape index (κ1) is 34.7. The summed E-state index contributed by atoms with van der Waals surface area (Å²) in [4.78, 5) is 59.9. The topological polar surface area (TPSA) is 174 Å². The summed E-state index contributed by atoms with van der Waals surface area (Å²) in [6, 6.07) is 6.89. The van der Waals surface area contributed by atoms with Gasteiger partial charge in [0, 0.05) is 42.3 Å². The second-order valence-corrected chi connectivity index (χ2v) is 14.1. The van der Waals surface area contributed by atoms with Gasteiger partial charge in [0.2, 0.25) is 11.8 Å². The summed E-state index contributed by atoms with van der Waals surface area (Å²) >= 11 is 0. The van der Waals surface area contributed by atoms with Crippen LogP contribution in [0.5, 0.6) is 11.5 Å². The van der Waals surface area contributed by atoms with Crippen molar-refractivity contribution in [2.45, 2.75) is 95.0 Å². The van der Waals surface area contributed by atoms with E-state index in [-0.39, 0.29) is 25.3 Å². The lowest BCUT2D eigenvalue weighted by atomic mass is 10.0. The monoisotopic (exact) mass is 688 g/mol. The minimum Gasteiger partial charge on any atom is -0.497 e. The van der Waals surface area contributed by atoms with Crippen molar-refractivity contribution in [3.05, 3.63) is 54.9 Å². The molecule has 6 rings (SSSR count). The molecule has 266 valence electrons. The Balaban J connectivity index is 1.34. The van der Waals surface area contributed by atoms with Crippen LogP contribution in [-0.2, 0) is 19.1 Å². The van der Waals surface area contributed by atoms with Gasteiger partial charge in [-0.25, -0.2) is 19.3 Å². The van der Waals surface area contributed by atoms with Crippen LogP contribution in [0.15, 0.2) is 54.9 Å². The van der Waals surface area contributed by atoms with E-state index in [9.17, 15) is 24.3 Å². The van der Waals surface area contributed by atoms with Crippen LogP contribution in [-0.4, -0.2) is 91.6 Å². The molecule has 2 aromatic heterocycles. The molecule has 3 aliphatic rings. The Bertz CT molecular complexity index is 1790. The number of nitrogens with one attached hydrogen (secondary N) is 2. The lowest BCUT2D eigenvalue weighted by molar-refractivity contribution is -0.145. The van der Waals surface area contributed by atoms with Gasteiger partial charge in [-0.05, 0) is 64.7 Å². The Kier molecular flexibility index (Phi) is 9.72. The molecule has 0 bridgehead atoms. The molecule has 1 saturated heterocycles. The predicted molar refractivity (Wildman–Crippen MR) is 182 cm³/mol. The molecule has 1 aliphatic carbocycles. The standard InChI is InChI=1S/C36H44N6O8/c1-35(2,3)50-34(47)39-26-12-9-7-5-6-8-11-22-20-36(22,33(45)46)40-31(43)28-18-24(21-41(28)32(26)44)49-29-19-30(42-16-10-15-37-42)38-27-17-23(48-4)13-14-25(27)29/h8,10-11,13-17,19,22,24,26,28H,5-7,9,12,18,20-21H2,1-4H3,(H,39,47)(H,40,43)(H,45,46)/b11-8-/t22-,24+,26-,28-,36+/m0/s1. The maximum atomic E-state index is 14.4. The molecule has 14 nitrogen and oxygen atoms in total. The molecule has 0 unspecified atom stereocenters. The van der Waals surface area contributed by atoms with E-state index in [1.807, 2.05) is 18.2 Å². The number of aliphatic carboxylic acids is 1. The van der Waals surface area contributed by atoms with Crippen molar-refractivity contribution >= 4 is 34.8 Å². The number of hydrogen-bond donors (Lipinski definition) is 3. The van der Waals surface area contributed by atoms with Gasteiger partial charge in [0.25, 0.3) is 0 Å². The second-order valence-electron chi connectivity index (χ2n) is 14.1. The van der Waals surface area contributed by atoms with Crippen molar-refractivity contribution in [1.29, 1.82) is 0 Å². The lowest BCUT2D eigenvalue weighted by Gasteiger charge is -2.30. The van der Waals surface area contributed by atoms with Crippen LogP contribution in [0.4, 0.5) is 4.79 Å². The third-order valence-corrected chi connectivity index (χ3v) is 9.31. The number of carbonyl (C=O) groups is 4. The molecule has 14 heteroatoms. The molecule has 3 aromatic rings. The highest BCUT2D eigenvalue weighted by Crippen LogP contribution is 2.45. The number of allylic oxidation sites excluding steroid dienone is 1. The number of fused-ring (bicyclic) bond motifs is 3. The van der Waals surface area contributed by atoms with E-state index < -0.39 is 53.2 Å². The fraction of sp³-hybridized carbons (Fsp3) is 0.500. The van der Waals surface area contributed by atoms with Gasteiger partial charge >= 0.3 is 12.1 Å². The van der Waals surface area contributed by atoms with Crippen molar-refractivity contribution in [2.24, 2.45) is 5.92 Å². The Morgan fingerprint density at radius 1 is 1.14 bits per heavy atom. The van der Waals surface area contributed by atoms with Crippen LogP contribution < -0.4 is 20.1 Å². The second kappa shape index (κ2) is 14.0. The fourth-order valence-corrected chi connectivity index (χ4v) is 6.69. The average molecular weight is 689 g/mol. The van der Waals surface area contributed by atoms with Crippen LogP contribution in [0.3, 0.4) is 0 Å². The molecule has 50 heavy (non-hydrogen) atoms. The maximum Gasteiger partial charge on any atom is 0.408 e. The molecule has 2 fully saturated rings. The zero-order valence-corrected chi connectivity index (χ0v) is 28.8. The van der Waals surface area contributed by atoms with Gasteiger partial charge in [-0.15, -0.1) is 0 Å². The number of amides is 3. The zero-order chi connectivity index (χ0) is 35.6. The summed E-state index contributed by atoms with van der Waals surface area (Å²) in [6.45, 7) is 5.23. The Labute approximate surface area is 290 Å². The van der Waals surface area contributed by atoms with Gasteiger partial charge in [-0.2, -0.15) is 5.10 Å². The van der Waals surface area contributed by atoms with Crippen molar-refractivity contribution < 1.29 is 38.5 Å². The number of carboxylic acids is 1. The van der Waals surface area contributed by atoms with Crippen molar-refractivity contribution in [3.8, 4) is 17.3 Å². The van der Waals surface area contributed by atoms with Gasteiger partial charge in [0.05, 0.1) is 19.2 Å². The average Bonchev–Trinajstić information content (AvgIpc) is 3.38. The molecule has 0 radical (unpaired) electrons. The third kappa shape index (κ3) is 7.53. The highest BCUT2D eigenvalue weighted by molar-refractivity contribution is 5.96. The van der Waals surface area contributed by atoms with Crippen LogP contribution >= 0.6 is 0 Å². The molecular weight excluding hydrogens is 644 g/mol. The van der Waals surface area contributed by atoms with Crippen LogP contribution in [0.1, 0.15) is 65.7 Å². The van der Waals surface area contributed by atoms with E-state index >= 15 is 0 Å². The number of hydrogen-bond acceptors (Lipinski definition) is 9.